The standard InChI is InChI=1S/C17H20N4OS/c1-2-5-13(4-1)22-10-9-18-16-7-8-17-19-12-14(21(17)20-16)15-6-3-11-23-15/h3,6-8,11-13H,1-2,4-5,9-10H2,(H,18,20). The molecule has 0 aliphatic heterocycles. The Morgan fingerprint density at radius 1 is 1.26 bits per heavy atom. The summed E-state index contributed by atoms with van der Waals surface area (Å²) in [6.07, 6.45) is 7.38. The molecule has 1 aliphatic carbocycles. The van der Waals surface area contributed by atoms with Crippen LogP contribution in [0.1, 0.15) is 25.7 Å². The van der Waals surface area contributed by atoms with E-state index < -0.39 is 0 Å². The molecule has 1 fully saturated rings. The van der Waals surface area contributed by atoms with Gasteiger partial charge in [0.1, 0.15) is 11.5 Å². The van der Waals surface area contributed by atoms with Crippen LogP contribution in [0.4, 0.5) is 5.82 Å². The zero-order valence-corrected chi connectivity index (χ0v) is 13.8. The maximum absolute atomic E-state index is 5.87. The minimum absolute atomic E-state index is 0.464. The van der Waals surface area contributed by atoms with Crippen LogP contribution < -0.4 is 5.32 Å². The third kappa shape index (κ3) is 3.23. The summed E-state index contributed by atoms with van der Waals surface area (Å²) in [4.78, 5) is 5.59. The van der Waals surface area contributed by atoms with Crippen LogP contribution in [0.5, 0.6) is 0 Å². The van der Waals surface area contributed by atoms with Crippen LogP contribution in [0.3, 0.4) is 0 Å². The molecule has 0 aromatic carbocycles. The Morgan fingerprint density at radius 3 is 3.00 bits per heavy atom. The number of nitrogens with one attached hydrogen (secondary N) is 1. The quantitative estimate of drug-likeness (QED) is 0.699. The largest absolute Gasteiger partial charge is 0.376 e. The van der Waals surface area contributed by atoms with E-state index in [0.717, 1.165) is 30.3 Å². The summed E-state index contributed by atoms with van der Waals surface area (Å²) < 4.78 is 7.77. The smallest absolute Gasteiger partial charge is 0.154 e. The molecule has 0 bridgehead atoms. The molecule has 4 rings (SSSR count). The van der Waals surface area contributed by atoms with E-state index in [0.29, 0.717) is 6.10 Å². The first kappa shape index (κ1) is 14.7. The molecule has 120 valence electrons. The molecule has 1 aliphatic rings. The second-order valence-electron chi connectivity index (χ2n) is 5.81. The molecule has 6 heteroatoms. The second kappa shape index (κ2) is 6.68. The zero-order chi connectivity index (χ0) is 15.5. The highest BCUT2D eigenvalue weighted by molar-refractivity contribution is 7.13. The second-order valence-corrected chi connectivity index (χ2v) is 6.76. The molecule has 1 N–H and O–H groups in total. The summed E-state index contributed by atoms with van der Waals surface area (Å²) >= 11 is 1.70. The third-order valence-electron chi connectivity index (χ3n) is 4.20. The number of aromatic nitrogens is 3. The first-order valence-electron chi connectivity index (χ1n) is 8.14. The van der Waals surface area contributed by atoms with Crippen molar-refractivity contribution < 1.29 is 4.74 Å². The molecule has 0 unspecified atom stereocenters. The number of imidazole rings is 1. The van der Waals surface area contributed by atoms with E-state index >= 15 is 0 Å². The molecule has 3 aromatic heterocycles. The van der Waals surface area contributed by atoms with E-state index in [1.807, 2.05) is 28.9 Å². The molecule has 1 saturated carbocycles. The number of nitrogens with zero attached hydrogens (tertiary/aromatic N) is 3. The van der Waals surface area contributed by atoms with Gasteiger partial charge in [0.05, 0.1) is 23.8 Å². The molecule has 3 heterocycles. The summed E-state index contributed by atoms with van der Waals surface area (Å²) in [5, 5.41) is 10.1. The topological polar surface area (TPSA) is 51.5 Å². The summed E-state index contributed by atoms with van der Waals surface area (Å²) in [5.41, 5.74) is 1.89. The van der Waals surface area contributed by atoms with Crippen molar-refractivity contribution in [2.45, 2.75) is 31.8 Å². The molecular weight excluding hydrogens is 308 g/mol. The molecule has 23 heavy (non-hydrogen) atoms. The molecule has 5 nitrogen and oxygen atoms in total. The molecule has 3 aromatic rings. The van der Waals surface area contributed by atoms with Crippen LogP contribution in [0, 0.1) is 0 Å². The number of rotatable bonds is 6. The van der Waals surface area contributed by atoms with Crippen LogP contribution in [0.25, 0.3) is 16.2 Å². The Kier molecular flexibility index (Phi) is 4.26. The van der Waals surface area contributed by atoms with Crippen molar-refractivity contribution in [3.63, 3.8) is 0 Å². The maximum atomic E-state index is 5.87. The van der Waals surface area contributed by atoms with Crippen molar-refractivity contribution in [1.29, 1.82) is 0 Å². The lowest BCUT2D eigenvalue weighted by molar-refractivity contribution is 0.0658. The molecule has 0 amide bonds. The lowest BCUT2D eigenvalue weighted by Crippen LogP contribution is -2.16. The number of hydrogen-bond donors (Lipinski definition) is 1. The number of ether oxygens (including phenoxy) is 1. The van der Waals surface area contributed by atoms with E-state index in [1.165, 1.54) is 30.6 Å². The van der Waals surface area contributed by atoms with E-state index in [2.05, 4.69) is 26.8 Å². The van der Waals surface area contributed by atoms with Crippen molar-refractivity contribution in [1.82, 2.24) is 14.6 Å². The molecule has 0 radical (unpaired) electrons. The fraction of sp³-hybridized carbons (Fsp3) is 0.412. The summed E-state index contributed by atoms with van der Waals surface area (Å²) in [5.74, 6) is 0.850. The number of thiophene rings is 1. The van der Waals surface area contributed by atoms with Gasteiger partial charge in [-0.25, -0.2) is 9.50 Å². The molecule has 0 spiro atoms. The first-order valence-corrected chi connectivity index (χ1v) is 9.02. The van der Waals surface area contributed by atoms with Crippen molar-refractivity contribution in [3.05, 3.63) is 35.8 Å². The fourth-order valence-corrected chi connectivity index (χ4v) is 3.74. The van der Waals surface area contributed by atoms with Crippen molar-refractivity contribution in [2.75, 3.05) is 18.5 Å². The minimum Gasteiger partial charge on any atom is -0.376 e. The van der Waals surface area contributed by atoms with Crippen molar-refractivity contribution >= 4 is 22.8 Å². The number of hydrogen-bond acceptors (Lipinski definition) is 5. The number of anilines is 1. The van der Waals surface area contributed by atoms with Crippen molar-refractivity contribution in [3.8, 4) is 10.6 Å². The van der Waals surface area contributed by atoms with E-state index in [9.17, 15) is 0 Å². The van der Waals surface area contributed by atoms with Crippen LogP contribution in [-0.2, 0) is 4.74 Å². The monoisotopic (exact) mass is 328 g/mol. The summed E-state index contributed by atoms with van der Waals surface area (Å²) in [6.45, 7) is 1.50. The van der Waals surface area contributed by atoms with E-state index in [1.54, 1.807) is 11.3 Å². The van der Waals surface area contributed by atoms with Gasteiger partial charge in [0.25, 0.3) is 0 Å². The summed E-state index contributed by atoms with van der Waals surface area (Å²) in [7, 11) is 0. The Morgan fingerprint density at radius 2 is 2.17 bits per heavy atom. The molecule has 0 saturated heterocycles. The predicted molar refractivity (Wildman–Crippen MR) is 93.0 cm³/mol. The average molecular weight is 328 g/mol. The van der Waals surface area contributed by atoms with Gasteiger partial charge in [0, 0.05) is 6.54 Å². The fourth-order valence-electron chi connectivity index (χ4n) is 3.02. The van der Waals surface area contributed by atoms with Gasteiger partial charge in [-0.2, -0.15) is 0 Å². The predicted octanol–water partition coefficient (Wildman–Crippen LogP) is 3.83. The van der Waals surface area contributed by atoms with Gasteiger partial charge in [0.15, 0.2) is 5.65 Å². The normalized spacial score (nSPS) is 15.5. The Bertz CT molecular complexity index is 762. The average Bonchev–Trinajstić information content (AvgIpc) is 3.31. The third-order valence-corrected chi connectivity index (χ3v) is 5.09. The highest BCUT2D eigenvalue weighted by atomic mass is 32.1. The lowest BCUT2D eigenvalue weighted by atomic mass is 10.3. The van der Waals surface area contributed by atoms with Crippen LogP contribution >= 0.6 is 11.3 Å². The SMILES string of the molecule is c1csc(-c2cnc3ccc(NCCOC4CCCC4)nn23)c1. The zero-order valence-electron chi connectivity index (χ0n) is 12.9. The van der Waals surface area contributed by atoms with Gasteiger partial charge >= 0.3 is 0 Å². The first-order chi connectivity index (χ1) is 11.4. The van der Waals surface area contributed by atoms with E-state index in [-0.39, 0.29) is 0 Å². The maximum Gasteiger partial charge on any atom is 0.154 e. The highest BCUT2D eigenvalue weighted by Crippen LogP contribution is 2.25. The van der Waals surface area contributed by atoms with Gasteiger partial charge in [-0.3, -0.25) is 0 Å². The lowest BCUT2D eigenvalue weighted by Gasteiger charge is -2.11. The van der Waals surface area contributed by atoms with Gasteiger partial charge in [-0.05, 0) is 36.4 Å². The van der Waals surface area contributed by atoms with Crippen LogP contribution in [0.15, 0.2) is 35.8 Å². The van der Waals surface area contributed by atoms with Gasteiger partial charge in [0.2, 0.25) is 0 Å². The minimum atomic E-state index is 0.464. The van der Waals surface area contributed by atoms with Gasteiger partial charge < -0.3 is 10.1 Å². The van der Waals surface area contributed by atoms with E-state index in [4.69, 9.17) is 4.74 Å². The Hall–Kier alpha value is -1.92. The number of fused-ring (bicyclic) bond motifs is 1. The Labute approximate surface area is 139 Å². The van der Waals surface area contributed by atoms with Crippen molar-refractivity contribution in [2.24, 2.45) is 0 Å². The van der Waals surface area contributed by atoms with Crippen LogP contribution in [0.2, 0.25) is 0 Å². The summed E-state index contributed by atoms with van der Waals surface area (Å²) in [6, 6.07) is 8.09. The van der Waals surface area contributed by atoms with Gasteiger partial charge in [-0.1, -0.05) is 18.9 Å². The Balaban J connectivity index is 1.42. The molecular formula is C17H20N4OS. The molecule has 0 atom stereocenters. The highest BCUT2D eigenvalue weighted by Gasteiger charge is 2.14. The van der Waals surface area contributed by atoms with Crippen LogP contribution in [-0.4, -0.2) is 33.9 Å². The van der Waals surface area contributed by atoms with Gasteiger partial charge in [-0.15, -0.1) is 16.4 Å².